The van der Waals surface area contributed by atoms with E-state index in [-0.39, 0.29) is 5.91 Å². The van der Waals surface area contributed by atoms with Gasteiger partial charge in [-0.1, -0.05) is 31.2 Å². The Bertz CT molecular complexity index is 526. The van der Waals surface area contributed by atoms with Gasteiger partial charge in [-0.3, -0.25) is 4.79 Å². The number of carbonyl (C=O) groups excluding carboxylic acids is 1. The molecular weight excluding hydrogens is 254 g/mol. The Hall–Kier alpha value is -1.84. The van der Waals surface area contributed by atoms with Crippen molar-refractivity contribution in [3.05, 3.63) is 35.4 Å². The Labute approximate surface area is 119 Å². The number of amides is 1. The van der Waals surface area contributed by atoms with Crippen LogP contribution in [0.25, 0.3) is 0 Å². The van der Waals surface area contributed by atoms with Crippen molar-refractivity contribution in [2.45, 2.75) is 51.0 Å². The maximum absolute atomic E-state index is 12.6. The molecule has 2 rings (SSSR count). The largest absolute Gasteiger partial charge is 0.480 e. The van der Waals surface area contributed by atoms with Crippen LogP contribution >= 0.6 is 0 Å². The SMILES string of the molecule is CCC(NC(=O)C1(C)CCCc2ccccc21)C(=O)O. The summed E-state index contributed by atoms with van der Waals surface area (Å²) in [4.78, 5) is 23.7. The van der Waals surface area contributed by atoms with E-state index in [9.17, 15) is 9.59 Å². The van der Waals surface area contributed by atoms with E-state index in [1.54, 1.807) is 6.92 Å². The molecule has 0 fully saturated rings. The van der Waals surface area contributed by atoms with Crippen molar-refractivity contribution in [1.82, 2.24) is 5.32 Å². The maximum Gasteiger partial charge on any atom is 0.326 e. The predicted octanol–water partition coefficient (Wildman–Crippen LogP) is 2.26. The second-order valence-electron chi connectivity index (χ2n) is 5.62. The third-order valence-corrected chi connectivity index (χ3v) is 4.25. The number of hydrogen-bond donors (Lipinski definition) is 2. The summed E-state index contributed by atoms with van der Waals surface area (Å²) in [5, 5.41) is 11.8. The van der Waals surface area contributed by atoms with Crippen LogP contribution in [-0.2, 0) is 21.4 Å². The zero-order chi connectivity index (χ0) is 14.8. The average molecular weight is 275 g/mol. The van der Waals surface area contributed by atoms with Gasteiger partial charge in [0.25, 0.3) is 0 Å². The van der Waals surface area contributed by atoms with Crippen molar-refractivity contribution >= 4 is 11.9 Å². The number of carboxylic acid groups (broad SMARTS) is 1. The molecule has 0 aromatic heterocycles. The fraction of sp³-hybridized carbons (Fsp3) is 0.500. The van der Waals surface area contributed by atoms with Gasteiger partial charge in [-0.25, -0.2) is 4.79 Å². The number of carbonyl (C=O) groups is 2. The molecule has 0 radical (unpaired) electrons. The molecule has 4 nitrogen and oxygen atoms in total. The summed E-state index contributed by atoms with van der Waals surface area (Å²) in [5.41, 5.74) is 1.60. The number of fused-ring (bicyclic) bond motifs is 1. The lowest BCUT2D eigenvalue weighted by atomic mass is 9.70. The van der Waals surface area contributed by atoms with Crippen LogP contribution in [0.2, 0.25) is 0 Å². The number of nitrogens with one attached hydrogen (secondary N) is 1. The Kier molecular flexibility index (Phi) is 4.12. The molecule has 0 heterocycles. The number of rotatable bonds is 4. The number of aliphatic carboxylic acids is 1. The molecule has 2 atom stereocenters. The number of hydrogen-bond acceptors (Lipinski definition) is 2. The summed E-state index contributed by atoms with van der Waals surface area (Å²) in [5.74, 6) is -1.16. The Morgan fingerprint density at radius 3 is 2.75 bits per heavy atom. The van der Waals surface area contributed by atoms with Gasteiger partial charge in [0.2, 0.25) is 5.91 Å². The van der Waals surface area contributed by atoms with Crippen molar-refractivity contribution in [3.8, 4) is 0 Å². The Morgan fingerprint density at radius 2 is 2.10 bits per heavy atom. The van der Waals surface area contributed by atoms with Crippen molar-refractivity contribution in [1.29, 1.82) is 0 Å². The monoisotopic (exact) mass is 275 g/mol. The third kappa shape index (κ3) is 2.55. The molecule has 0 spiro atoms. The summed E-state index contributed by atoms with van der Waals surface area (Å²) in [7, 11) is 0. The fourth-order valence-electron chi connectivity index (χ4n) is 2.94. The molecule has 0 aliphatic heterocycles. The van der Waals surface area contributed by atoms with E-state index in [2.05, 4.69) is 11.4 Å². The molecule has 2 unspecified atom stereocenters. The molecule has 20 heavy (non-hydrogen) atoms. The van der Waals surface area contributed by atoms with Gasteiger partial charge in [-0.15, -0.1) is 0 Å². The van der Waals surface area contributed by atoms with Crippen molar-refractivity contribution in [3.63, 3.8) is 0 Å². The molecule has 108 valence electrons. The van der Waals surface area contributed by atoms with E-state index in [1.165, 1.54) is 5.56 Å². The van der Waals surface area contributed by atoms with Crippen LogP contribution < -0.4 is 5.32 Å². The van der Waals surface area contributed by atoms with Gasteiger partial charge in [0.05, 0.1) is 5.41 Å². The molecule has 1 aromatic rings. The number of benzene rings is 1. The average Bonchev–Trinajstić information content (AvgIpc) is 2.44. The first-order valence-corrected chi connectivity index (χ1v) is 7.11. The van der Waals surface area contributed by atoms with E-state index < -0.39 is 17.4 Å². The molecule has 4 heteroatoms. The lowest BCUT2D eigenvalue weighted by Gasteiger charge is -2.35. The van der Waals surface area contributed by atoms with Gasteiger partial charge < -0.3 is 10.4 Å². The third-order valence-electron chi connectivity index (χ3n) is 4.25. The van der Waals surface area contributed by atoms with Crippen LogP contribution in [0.15, 0.2) is 24.3 Å². The zero-order valence-corrected chi connectivity index (χ0v) is 12.0. The molecule has 1 aliphatic rings. The van der Waals surface area contributed by atoms with Crippen LogP contribution in [-0.4, -0.2) is 23.0 Å². The van der Waals surface area contributed by atoms with E-state index >= 15 is 0 Å². The van der Waals surface area contributed by atoms with Crippen molar-refractivity contribution < 1.29 is 14.7 Å². The topological polar surface area (TPSA) is 66.4 Å². The first kappa shape index (κ1) is 14.6. The molecule has 0 bridgehead atoms. The molecule has 1 amide bonds. The first-order chi connectivity index (χ1) is 9.49. The minimum atomic E-state index is -0.978. The molecule has 1 aliphatic carbocycles. The second-order valence-corrected chi connectivity index (χ2v) is 5.62. The van der Waals surface area contributed by atoms with Gasteiger partial charge in [-0.2, -0.15) is 0 Å². The van der Waals surface area contributed by atoms with Crippen LogP contribution in [0.5, 0.6) is 0 Å². The summed E-state index contributed by atoms with van der Waals surface area (Å²) in [6.45, 7) is 3.67. The van der Waals surface area contributed by atoms with E-state index in [0.29, 0.717) is 6.42 Å². The normalized spacial score (nSPS) is 22.7. The molecular formula is C16H21NO3. The first-order valence-electron chi connectivity index (χ1n) is 7.11. The van der Waals surface area contributed by atoms with E-state index in [4.69, 9.17) is 5.11 Å². The quantitative estimate of drug-likeness (QED) is 0.885. The van der Waals surface area contributed by atoms with Gasteiger partial charge in [0.15, 0.2) is 0 Å². The summed E-state index contributed by atoms with van der Waals surface area (Å²) < 4.78 is 0. The number of aryl methyl sites for hydroxylation is 1. The lowest BCUT2D eigenvalue weighted by molar-refractivity contribution is -0.142. The van der Waals surface area contributed by atoms with Crippen molar-refractivity contribution in [2.24, 2.45) is 0 Å². The molecule has 0 saturated heterocycles. The van der Waals surface area contributed by atoms with Crippen LogP contribution in [0.3, 0.4) is 0 Å². The fourth-order valence-corrected chi connectivity index (χ4v) is 2.94. The Balaban J connectivity index is 2.27. The summed E-state index contributed by atoms with van der Waals surface area (Å²) >= 11 is 0. The van der Waals surface area contributed by atoms with Crippen LogP contribution in [0.4, 0.5) is 0 Å². The van der Waals surface area contributed by atoms with Gasteiger partial charge in [0.1, 0.15) is 6.04 Å². The molecule has 1 aromatic carbocycles. The van der Waals surface area contributed by atoms with Gasteiger partial charge >= 0.3 is 5.97 Å². The Morgan fingerprint density at radius 1 is 1.40 bits per heavy atom. The highest BCUT2D eigenvalue weighted by atomic mass is 16.4. The minimum Gasteiger partial charge on any atom is -0.480 e. The predicted molar refractivity (Wildman–Crippen MR) is 76.6 cm³/mol. The highest BCUT2D eigenvalue weighted by molar-refractivity contribution is 5.91. The lowest BCUT2D eigenvalue weighted by Crippen LogP contribution is -2.50. The smallest absolute Gasteiger partial charge is 0.326 e. The van der Waals surface area contributed by atoms with Crippen molar-refractivity contribution in [2.75, 3.05) is 0 Å². The van der Waals surface area contributed by atoms with E-state index in [0.717, 1.165) is 24.8 Å². The van der Waals surface area contributed by atoms with Crippen LogP contribution in [0.1, 0.15) is 44.2 Å². The highest BCUT2D eigenvalue weighted by Gasteiger charge is 2.39. The standard InChI is InChI=1S/C16H21NO3/c1-3-13(14(18)19)17-15(20)16(2)10-6-8-11-7-4-5-9-12(11)16/h4-5,7,9,13H,3,6,8,10H2,1-2H3,(H,17,20)(H,18,19). The number of carboxylic acids is 1. The molecule has 0 saturated carbocycles. The second kappa shape index (κ2) is 5.65. The van der Waals surface area contributed by atoms with Crippen LogP contribution in [0, 0.1) is 0 Å². The van der Waals surface area contributed by atoms with E-state index in [1.807, 2.05) is 25.1 Å². The highest BCUT2D eigenvalue weighted by Crippen LogP contribution is 2.37. The maximum atomic E-state index is 12.6. The molecule has 2 N–H and O–H groups in total. The minimum absolute atomic E-state index is 0.182. The van der Waals surface area contributed by atoms with Gasteiger partial charge in [0, 0.05) is 0 Å². The van der Waals surface area contributed by atoms with Gasteiger partial charge in [-0.05, 0) is 43.7 Å². The summed E-state index contributed by atoms with van der Waals surface area (Å²) in [6.07, 6.45) is 3.07. The zero-order valence-electron chi connectivity index (χ0n) is 12.0. The summed E-state index contributed by atoms with van der Waals surface area (Å²) in [6, 6.07) is 7.14.